The standard InChI is InChI=1S/C16H23N3O3S/c1-19(11-16-17-12-7-3-4-8-13(12)18-16)23(20,21)15-10-6-5-9-14(15)22-2/h3-4,7-8,14-15H,5-6,9-11H2,1-2H3,(H,17,18)/t14-,15+/m0/s1. The maximum atomic E-state index is 12.9. The predicted octanol–water partition coefficient (Wildman–Crippen LogP) is 2.28. The molecule has 0 unspecified atom stereocenters. The number of hydrogen-bond donors (Lipinski definition) is 1. The van der Waals surface area contributed by atoms with Crippen LogP contribution in [0.5, 0.6) is 0 Å². The number of para-hydroxylation sites is 2. The number of aromatic nitrogens is 2. The highest BCUT2D eigenvalue weighted by atomic mass is 32.2. The van der Waals surface area contributed by atoms with Crippen LogP contribution in [0.1, 0.15) is 31.5 Å². The van der Waals surface area contributed by atoms with Gasteiger partial charge in [0.25, 0.3) is 0 Å². The maximum Gasteiger partial charge on any atom is 0.219 e. The fourth-order valence-corrected chi connectivity index (χ4v) is 5.15. The molecule has 7 heteroatoms. The molecule has 1 N–H and O–H groups in total. The molecule has 2 atom stereocenters. The van der Waals surface area contributed by atoms with Crippen molar-refractivity contribution in [2.45, 2.75) is 43.6 Å². The predicted molar refractivity (Wildman–Crippen MR) is 89.5 cm³/mol. The Morgan fingerprint density at radius 3 is 2.78 bits per heavy atom. The normalized spacial score (nSPS) is 22.7. The lowest BCUT2D eigenvalue weighted by molar-refractivity contribution is 0.0722. The Labute approximate surface area is 136 Å². The van der Waals surface area contributed by atoms with Crippen LogP contribution in [0.25, 0.3) is 11.0 Å². The Morgan fingerprint density at radius 1 is 1.30 bits per heavy atom. The number of methoxy groups -OCH3 is 1. The molecule has 0 amide bonds. The molecule has 1 fully saturated rings. The molecule has 1 saturated carbocycles. The second-order valence-corrected chi connectivity index (χ2v) is 8.36. The first-order valence-corrected chi connectivity index (χ1v) is 9.44. The molecule has 0 saturated heterocycles. The van der Waals surface area contributed by atoms with Crippen molar-refractivity contribution in [1.29, 1.82) is 0 Å². The summed E-state index contributed by atoms with van der Waals surface area (Å²) in [6, 6.07) is 7.68. The third kappa shape index (κ3) is 3.27. The summed E-state index contributed by atoms with van der Waals surface area (Å²) in [6.07, 6.45) is 3.21. The van der Waals surface area contributed by atoms with Crippen LogP contribution in [-0.4, -0.2) is 48.2 Å². The number of benzene rings is 1. The van der Waals surface area contributed by atoms with Crippen molar-refractivity contribution in [2.75, 3.05) is 14.2 Å². The summed E-state index contributed by atoms with van der Waals surface area (Å²) < 4.78 is 32.6. The van der Waals surface area contributed by atoms with E-state index in [1.54, 1.807) is 14.2 Å². The van der Waals surface area contributed by atoms with Crippen LogP contribution in [0.3, 0.4) is 0 Å². The van der Waals surface area contributed by atoms with Gasteiger partial charge in [0.2, 0.25) is 10.0 Å². The van der Waals surface area contributed by atoms with Crippen molar-refractivity contribution in [1.82, 2.24) is 14.3 Å². The number of nitrogens with zero attached hydrogens (tertiary/aromatic N) is 2. The molecule has 2 aromatic rings. The van der Waals surface area contributed by atoms with Crippen LogP contribution in [0.15, 0.2) is 24.3 Å². The Bertz CT molecular complexity index is 739. The van der Waals surface area contributed by atoms with Crippen molar-refractivity contribution in [3.05, 3.63) is 30.1 Å². The van der Waals surface area contributed by atoms with Gasteiger partial charge in [-0.3, -0.25) is 0 Å². The molecule has 0 spiro atoms. The van der Waals surface area contributed by atoms with Gasteiger partial charge in [-0.2, -0.15) is 4.31 Å². The molecule has 1 aliphatic carbocycles. The Hall–Kier alpha value is -1.44. The average molecular weight is 337 g/mol. The van der Waals surface area contributed by atoms with Gasteiger partial charge in [0.1, 0.15) is 11.1 Å². The van der Waals surface area contributed by atoms with Gasteiger partial charge in [-0.25, -0.2) is 13.4 Å². The van der Waals surface area contributed by atoms with Gasteiger partial charge in [-0.15, -0.1) is 0 Å². The summed E-state index contributed by atoms with van der Waals surface area (Å²) in [4.78, 5) is 7.64. The van der Waals surface area contributed by atoms with Crippen LogP contribution in [0.2, 0.25) is 0 Å². The summed E-state index contributed by atoms with van der Waals surface area (Å²) in [5.41, 5.74) is 1.77. The van der Waals surface area contributed by atoms with Crippen molar-refractivity contribution >= 4 is 21.1 Å². The van der Waals surface area contributed by atoms with Gasteiger partial charge in [0.15, 0.2) is 0 Å². The highest BCUT2D eigenvalue weighted by molar-refractivity contribution is 7.89. The minimum atomic E-state index is -3.41. The van der Waals surface area contributed by atoms with E-state index in [2.05, 4.69) is 9.97 Å². The minimum absolute atomic E-state index is 0.216. The van der Waals surface area contributed by atoms with Crippen molar-refractivity contribution < 1.29 is 13.2 Å². The van der Waals surface area contributed by atoms with E-state index < -0.39 is 15.3 Å². The smallest absolute Gasteiger partial charge is 0.219 e. The SMILES string of the molecule is CO[C@H]1CCCC[C@H]1S(=O)(=O)N(C)Cc1nc2ccccc2[nH]1. The Kier molecular flexibility index (Phi) is 4.70. The molecule has 1 aromatic heterocycles. The van der Waals surface area contributed by atoms with E-state index in [0.29, 0.717) is 12.2 Å². The third-order valence-electron chi connectivity index (χ3n) is 4.57. The first-order valence-electron chi connectivity index (χ1n) is 7.94. The van der Waals surface area contributed by atoms with E-state index in [0.717, 1.165) is 30.3 Å². The Balaban J connectivity index is 1.79. The first kappa shape index (κ1) is 16.4. The monoisotopic (exact) mass is 337 g/mol. The number of fused-ring (bicyclic) bond motifs is 1. The second-order valence-electron chi connectivity index (χ2n) is 6.10. The molecular formula is C16H23N3O3S. The van der Waals surface area contributed by atoms with E-state index in [1.807, 2.05) is 24.3 Å². The van der Waals surface area contributed by atoms with Gasteiger partial charge >= 0.3 is 0 Å². The van der Waals surface area contributed by atoms with Crippen LogP contribution < -0.4 is 0 Å². The van der Waals surface area contributed by atoms with Gasteiger partial charge in [0.05, 0.1) is 23.7 Å². The lowest BCUT2D eigenvalue weighted by Gasteiger charge is -2.32. The summed E-state index contributed by atoms with van der Waals surface area (Å²) >= 11 is 0. The molecule has 1 aromatic carbocycles. The van der Waals surface area contributed by atoms with Crippen molar-refractivity contribution in [3.63, 3.8) is 0 Å². The number of rotatable bonds is 5. The van der Waals surface area contributed by atoms with E-state index in [9.17, 15) is 8.42 Å². The van der Waals surface area contributed by atoms with E-state index >= 15 is 0 Å². The number of ether oxygens (including phenoxy) is 1. The average Bonchev–Trinajstić information content (AvgIpc) is 2.96. The molecule has 1 heterocycles. The quantitative estimate of drug-likeness (QED) is 0.908. The third-order valence-corrected chi connectivity index (χ3v) is 6.87. The van der Waals surface area contributed by atoms with Crippen LogP contribution in [0, 0.1) is 0 Å². The fourth-order valence-electron chi connectivity index (χ4n) is 3.29. The largest absolute Gasteiger partial charge is 0.380 e. The molecule has 0 aliphatic heterocycles. The molecule has 0 bridgehead atoms. The Morgan fingerprint density at radius 2 is 2.04 bits per heavy atom. The number of imidazole rings is 1. The zero-order valence-electron chi connectivity index (χ0n) is 13.5. The minimum Gasteiger partial charge on any atom is -0.380 e. The number of hydrogen-bond acceptors (Lipinski definition) is 4. The zero-order valence-corrected chi connectivity index (χ0v) is 14.3. The lowest BCUT2D eigenvalue weighted by atomic mass is 9.97. The molecule has 3 rings (SSSR count). The van der Waals surface area contributed by atoms with Crippen molar-refractivity contribution in [3.8, 4) is 0 Å². The van der Waals surface area contributed by atoms with Gasteiger partial charge in [0, 0.05) is 14.2 Å². The number of nitrogens with one attached hydrogen (secondary N) is 1. The molecule has 0 radical (unpaired) electrons. The molecule has 1 aliphatic rings. The maximum absolute atomic E-state index is 12.9. The summed E-state index contributed by atoms with van der Waals surface area (Å²) in [6.45, 7) is 0.240. The fraction of sp³-hybridized carbons (Fsp3) is 0.562. The van der Waals surface area contributed by atoms with Gasteiger partial charge in [-0.1, -0.05) is 25.0 Å². The zero-order chi connectivity index (χ0) is 16.4. The highest BCUT2D eigenvalue weighted by Crippen LogP contribution is 2.28. The van der Waals surface area contributed by atoms with Crippen LogP contribution >= 0.6 is 0 Å². The summed E-state index contributed by atoms with van der Waals surface area (Å²) in [7, 11) is -0.201. The topological polar surface area (TPSA) is 75.3 Å². The van der Waals surface area contributed by atoms with Gasteiger partial charge < -0.3 is 9.72 Å². The van der Waals surface area contributed by atoms with E-state index in [-0.39, 0.29) is 12.6 Å². The molecule has 23 heavy (non-hydrogen) atoms. The molecular weight excluding hydrogens is 314 g/mol. The number of sulfonamides is 1. The van der Waals surface area contributed by atoms with Crippen LogP contribution in [-0.2, 0) is 21.3 Å². The number of aromatic amines is 1. The number of H-pyrrole nitrogens is 1. The molecule has 6 nitrogen and oxygen atoms in total. The second kappa shape index (κ2) is 6.59. The van der Waals surface area contributed by atoms with Gasteiger partial charge in [-0.05, 0) is 25.0 Å². The summed E-state index contributed by atoms with van der Waals surface area (Å²) in [5, 5.41) is -0.462. The first-order chi connectivity index (χ1) is 11.0. The summed E-state index contributed by atoms with van der Waals surface area (Å²) in [5.74, 6) is 0.655. The molecule has 126 valence electrons. The van der Waals surface area contributed by atoms with Crippen molar-refractivity contribution in [2.24, 2.45) is 0 Å². The highest BCUT2D eigenvalue weighted by Gasteiger charge is 2.38. The van der Waals surface area contributed by atoms with Crippen LogP contribution in [0.4, 0.5) is 0 Å². The van der Waals surface area contributed by atoms with E-state index in [1.165, 1.54) is 4.31 Å². The van der Waals surface area contributed by atoms with E-state index in [4.69, 9.17) is 4.74 Å². The lowest BCUT2D eigenvalue weighted by Crippen LogP contribution is -2.45.